The first kappa shape index (κ1) is 16.8. The molecule has 1 aromatic carbocycles. The standard InChI is InChI=1S/C12H16F2N2O.ClH/c1-7-5-9(11(14)6-10(7)13)12(17)16-4-3-8(2)15;/h5-6,8H,3-4,15H2,1-2H3,(H,16,17);1H. The lowest BCUT2D eigenvalue weighted by Crippen LogP contribution is -2.29. The van der Waals surface area contributed by atoms with Gasteiger partial charge in [0.1, 0.15) is 11.6 Å². The average Bonchev–Trinajstić information content (AvgIpc) is 2.22. The van der Waals surface area contributed by atoms with Crippen LogP contribution in [-0.4, -0.2) is 18.5 Å². The van der Waals surface area contributed by atoms with Crippen LogP contribution in [0.4, 0.5) is 8.78 Å². The summed E-state index contributed by atoms with van der Waals surface area (Å²) in [4.78, 5) is 11.6. The number of hydrogen-bond acceptors (Lipinski definition) is 2. The van der Waals surface area contributed by atoms with Gasteiger partial charge in [-0.1, -0.05) is 0 Å². The molecule has 0 saturated carbocycles. The molecule has 1 amide bonds. The second-order valence-corrected chi connectivity index (χ2v) is 4.10. The van der Waals surface area contributed by atoms with Crippen LogP contribution in [0.5, 0.6) is 0 Å². The molecule has 0 bridgehead atoms. The number of benzene rings is 1. The van der Waals surface area contributed by atoms with Gasteiger partial charge in [-0.15, -0.1) is 12.4 Å². The molecule has 6 heteroatoms. The molecule has 0 aliphatic heterocycles. The van der Waals surface area contributed by atoms with Crippen molar-refractivity contribution in [1.82, 2.24) is 5.32 Å². The fourth-order valence-electron chi connectivity index (χ4n) is 1.34. The number of aryl methyl sites for hydroxylation is 1. The van der Waals surface area contributed by atoms with E-state index in [-0.39, 0.29) is 29.6 Å². The van der Waals surface area contributed by atoms with Crippen molar-refractivity contribution in [3.8, 4) is 0 Å². The van der Waals surface area contributed by atoms with Gasteiger partial charge in [-0.3, -0.25) is 4.79 Å². The van der Waals surface area contributed by atoms with Crippen molar-refractivity contribution in [2.45, 2.75) is 26.3 Å². The highest BCUT2D eigenvalue weighted by atomic mass is 35.5. The lowest BCUT2D eigenvalue weighted by Gasteiger charge is -2.08. The van der Waals surface area contributed by atoms with E-state index in [0.29, 0.717) is 13.0 Å². The summed E-state index contributed by atoms with van der Waals surface area (Å²) in [7, 11) is 0. The topological polar surface area (TPSA) is 55.1 Å². The molecule has 18 heavy (non-hydrogen) atoms. The van der Waals surface area contributed by atoms with Gasteiger partial charge in [0.15, 0.2) is 0 Å². The van der Waals surface area contributed by atoms with Crippen LogP contribution in [0.2, 0.25) is 0 Å². The maximum atomic E-state index is 13.3. The number of hydrogen-bond donors (Lipinski definition) is 2. The summed E-state index contributed by atoms with van der Waals surface area (Å²) in [5, 5.41) is 2.54. The largest absolute Gasteiger partial charge is 0.352 e. The molecule has 0 radical (unpaired) electrons. The van der Waals surface area contributed by atoms with Gasteiger partial charge in [0, 0.05) is 18.7 Å². The molecule has 0 fully saturated rings. The molecule has 1 aromatic rings. The van der Waals surface area contributed by atoms with Gasteiger partial charge in [-0.2, -0.15) is 0 Å². The molecule has 0 spiro atoms. The zero-order chi connectivity index (χ0) is 13.0. The Morgan fingerprint density at radius 3 is 2.56 bits per heavy atom. The van der Waals surface area contributed by atoms with Gasteiger partial charge in [-0.25, -0.2) is 8.78 Å². The summed E-state index contributed by atoms with van der Waals surface area (Å²) >= 11 is 0. The summed E-state index contributed by atoms with van der Waals surface area (Å²) in [6, 6.07) is 1.89. The van der Waals surface area contributed by atoms with E-state index in [1.54, 1.807) is 0 Å². The van der Waals surface area contributed by atoms with Gasteiger partial charge < -0.3 is 11.1 Å². The molecule has 0 aliphatic carbocycles. The Bertz CT molecular complexity index is 425. The zero-order valence-corrected chi connectivity index (χ0v) is 11.1. The van der Waals surface area contributed by atoms with E-state index < -0.39 is 17.5 Å². The van der Waals surface area contributed by atoms with Crippen LogP contribution >= 0.6 is 12.4 Å². The highest BCUT2D eigenvalue weighted by molar-refractivity contribution is 5.94. The smallest absolute Gasteiger partial charge is 0.254 e. The monoisotopic (exact) mass is 278 g/mol. The Balaban J connectivity index is 0.00000289. The van der Waals surface area contributed by atoms with Gasteiger partial charge in [0.25, 0.3) is 5.91 Å². The minimum absolute atomic E-state index is 0. The van der Waals surface area contributed by atoms with Crippen molar-refractivity contribution >= 4 is 18.3 Å². The average molecular weight is 279 g/mol. The van der Waals surface area contributed by atoms with Crippen molar-refractivity contribution in [1.29, 1.82) is 0 Å². The number of nitrogens with two attached hydrogens (primary N) is 1. The molecule has 0 heterocycles. The van der Waals surface area contributed by atoms with Crippen LogP contribution < -0.4 is 11.1 Å². The molecule has 0 saturated heterocycles. The van der Waals surface area contributed by atoms with Crippen LogP contribution in [-0.2, 0) is 0 Å². The molecule has 0 aliphatic rings. The second-order valence-electron chi connectivity index (χ2n) is 4.10. The molecule has 1 unspecified atom stereocenters. The maximum Gasteiger partial charge on any atom is 0.254 e. The third kappa shape index (κ3) is 4.58. The van der Waals surface area contributed by atoms with Gasteiger partial charge in [0.05, 0.1) is 5.56 Å². The molecule has 3 nitrogen and oxygen atoms in total. The lowest BCUT2D eigenvalue weighted by atomic mass is 10.1. The SMILES string of the molecule is Cc1cc(C(=O)NCCC(C)N)c(F)cc1F.Cl. The summed E-state index contributed by atoms with van der Waals surface area (Å²) in [5.74, 6) is -2.06. The molecule has 1 atom stereocenters. The minimum Gasteiger partial charge on any atom is -0.352 e. The summed E-state index contributed by atoms with van der Waals surface area (Å²) in [6.07, 6.45) is 0.605. The molecular formula is C12H17ClF2N2O. The quantitative estimate of drug-likeness (QED) is 0.887. The molecule has 1 rings (SSSR count). The minimum atomic E-state index is -0.855. The molecule has 0 aromatic heterocycles. The number of amides is 1. The number of halogens is 3. The third-order valence-electron chi connectivity index (χ3n) is 2.38. The maximum absolute atomic E-state index is 13.3. The fraction of sp³-hybridized carbons (Fsp3) is 0.417. The van der Waals surface area contributed by atoms with Crippen molar-refractivity contribution in [3.63, 3.8) is 0 Å². The van der Waals surface area contributed by atoms with Crippen LogP contribution in [0.25, 0.3) is 0 Å². The molecule has 102 valence electrons. The first-order chi connectivity index (χ1) is 7.91. The van der Waals surface area contributed by atoms with E-state index in [1.807, 2.05) is 6.92 Å². The Morgan fingerprint density at radius 1 is 1.39 bits per heavy atom. The molecular weight excluding hydrogens is 262 g/mol. The predicted octanol–water partition coefficient (Wildman–Crippen LogP) is 2.16. The third-order valence-corrected chi connectivity index (χ3v) is 2.38. The second kappa shape index (κ2) is 7.28. The number of nitrogens with one attached hydrogen (secondary N) is 1. The number of rotatable bonds is 4. The Morgan fingerprint density at radius 2 is 2.00 bits per heavy atom. The first-order valence-corrected chi connectivity index (χ1v) is 5.41. The van der Waals surface area contributed by atoms with E-state index in [4.69, 9.17) is 5.73 Å². The van der Waals surface area contributed by atoms with Crippen LogP contribution in [0.1, 0.15) is 29.3 Å². The summed E-state index contributed by atoms with van der Waals surface area (Å²) in [5.41, 5.74) is 5.61. The van der Waals surface area contributed by atoms with E-state index in [9.17, 15) is 13.6 Å². The van der Waals surface area contributed by atoms with E-state index >= 15 is 0 Å². The van der Waals surface area contributed by atoms with E-state index in [1.165, 1.54) is 13.0 Å². The van der Waals surface area contributed by atoms with E-state index in [2.05, 4.69) is 5.32 Å². The Kier molecular flexibility index (Phi) is 6.80. The number of carbonyl (C=O) groups is 1. The van der Waals surface area contributed by atoms with Crippen LogP contribution in [0.15, 0.2) is 12.1 Å². The van der Waals surface area contributed by atoms with Crippen molar-refractivity contribution < 1.29 is 13.6 Å². The lowest BCUT2D eigenvalue weighted by molar-refractivity contribution is 0.0948. The molecule has 3 N–H and O–H groups in total. The summed E-state index contributed by atoms with van der Waals surface area (Å²) < 4.78 is 26.3. The normalized spacial score (nSPS) is 11.6. The first-order valence-electron chi connectivity index (χ1n) is 5.41. The highest BCUT2D eigenvalue weighted by Crippen LogP contribution is 2.13. The number of carbonyl (C=O) groups excluding carboxylic acids is 1. The van der Waals surface area contributed by atoms with Gasteiger partial charge >= 0.3 is 0 Å². The van der Waals surface area contributed by atoms with E-state index in [0.717, 1.165) is 6.07 Å². The Hall–Kier alpha value is -1.20. The van der Waals surface area contributed by atoms with Crippen LogP contribution in [0.3, 0.4) is 0 Å². The highest BCUT2D eigenvalue weighted by Gasteiger charge is 2.14. The van der Waals surface area contributed by atoms with Gasteiger partial charge in [0.2, 0.25) is 0 Å². The van der Waals surface area contributed by atoms with Crippen molar-refractivity contribution in [2.75, 3.05) is 6.54 Å². The van der Waals surface area contributed by atoms with Crippen LogP contribution in [0, 0.1) is 18.6 Å². The summed E-state index contributed by atoms with van der Waals surface area (Å²) in [6.45, 7) is 3.66. The fourth-order valence-corrected chi connectivity index (χ4v) is 1.34. The van der Waals surface area contributed by atoms with Gasteiger partial charge in [-0.05, 0) is 31.9 Å². The van der Waals surface area contributed by atoms with Crippen molar-refractivity contribution in [3.05, 3.63) is 34.9 Å². The predicted molar refractivity (Wildman–Crippen MR) is 68.9 cm³/mol. The Labute approximate surface area is 111 Å². The zero-order valence-electron chi connectivity index (χ0n) is 10.3. The van der Waals surface area contributed by atoms with Crippen molar-refractivity contribution in [2.24, 2.45) is 5.73 Å².